The van der Waals surface area contributed by atoms with Crippen LogP contribution in [0.2, 0.25) is 5.02 Å². The Morgan fingerprint density at radius 2 is 1.85 bits per heavy atom. The average Bonchev–Trinajstić information content (AvgIpc) is 2.38. The molecule has 5 nitrogen and oxygen atoms in total. The first kappa shape index (κ1) is 16.1. The second-order valence-corrected chi connectivity index (χ2v) is 3.86. The number of anilines is 1. The number of esters is 1. The van der Waals surface area contributed by atoms with Gasteiger partial charge in [-0.25, -0.2) is 4.79 Å². The number of amides is 1. The van der Waals surface area contributed by atoms with Gasteiger partial charge in [0, 0.05) is 0 Å². The highest BCUT2D eigenvalue weighted by molar-refractivity contribution is 6.35. The lowest BCUT2D eigenvalue weighted by atomic mass is 10.2. The number of hydrogen-bond acceptors (Lipinski definition) is 4. The molecule has 0 aliphatic carbocycles. The summed E-state index contributed by atoms with van der Waals surface area (Å²) < 4.78 is 45.8. The molecule has 0 spiro atoms. The molecule has 1 amide bonds. The second kappa shape index (κ2) is 6.00. The lowest BCUT2D eigenvalue weighted by Gasteiger charge is -2.13. The molecule has 0 aliphatic rings. The van der Waals surface area contributed by atoms with Crippen molar-refractivity contribution in [2.24, 2.45) is 0 Å². The fraction of sp³-hybridized carbons (Fsp3) is 0.273. The van der Waals surface area contributed by atoms with Gasteiger partial charge in [0.2, 0.25) is 0 Å². The number of alkyl halides is 3. The highest BCUT2D eigenvalue weighted by atomic mass is 35.5. The second-order valence-electron chi connectivity index (χ2n) is 3.48. The van der Waals surface area contributed by atoms with Gasteiger partial charge in [0.1, 0.15) is 10.8 Å². The number of methoxy groups -OCH3 is 2. The van der Waals surface area contributed by atoms with E-state index in [-0.39, 0.29) is 16.3 Å². The first-order valence-electron chi connectivity index (χ1n) is 5.04. The van der Waals surface area contributed by atoms with Gasteiger partial charge in [0.25, 0.3) is 0 Å². The van der Waals surface area contributed by atoms with E-state index >= 15 is 0 Å². The smallest absolute Gasteiger partial charge is 0.471 e. The van der Waals surface area contributed by atoms with Crippen LogP contribution in [-0.4, -0.2) is 32.3 Å². The number of hydrogen-bond donors (Lipinski definition) is 1. The molecule has 1 N–H and O–H groups in total. The van der Waals surface area contributed by atoms with Crippen molar-refractivity contribution >= 4 is 29.2 Å². The van der Waals surface area contributed by atoms with Crippen LogP contribution < -0.4 is 10.1 Å². The summed E-state index contributed by atoms with van der Waals surface area (Å²) in [6, 6.07) is 2.14. The number of rotatable bonds is 3. The third-order valence-corrected chi connectivity index (χ3v) is 2.58. The SMILES string of the molecule is COC(=O)c1cc(NC(=O)C(F)(F)F)c(Cl)c(OC)c1. The number of ether oxygens (including phenoxy) is 2. The van der Waals surface area contributed by atoms with Crippen molar-refractivity contribution in [3.63, 3.8) is 0 Å². The molecule has 0 unspecified atom stereocenters. The molecule has 0 aliphatic heterocycles. The molecule has 0 heterocycles. The number of halogens is 4. The molecule has 1 rings (SSSR count). The zero-order chi connectivity index (χ0) is 15.5. The summed E-state index contributed by atoms with van der Waals surface area (Å²) in [4.78, 5) is 22.3. The first-order chi connectivity index (χ1) is 9.20. The van der Waals surface area contributed by atoms with Crippen LogP contribution >= 0.6 is 11.6 Å². The lowest BCUT2D eigenvalue weighted by Crippen LogP contribution is -2.30. The lowest BCUT2D eigenvalue weighted by molar-refractivity contribution is -0.167. The maximum atomic E-state index is 12.2. The van der Waals surface area contributed by atoms with Gasteiger partial charge in [-0.15, -0.1) is 0 Å². The van der Waals surface area contributed by atoms with Crippen molar-refractivity contribution in [3.8, 4) is 5.75 Å². The molecule has 0 atom stereocenters. The Hall–Kier alpha value is -1.96. The monoisotopic (exact) mass is 311 g/mol. The normalized spacial score (nSPS) is 10.9. The van der Waals surface area contributed by atoms with Crippen LogP contribution in [0.25, 0.3) is 0 Å². The minimum Gasteiger partial charge on any atom is -0.495 e. The van der Waals surface area contributed by atoms with E-state index < -0.39 is 23.7 Å². The maximum absolute atomic E-state index is 12.2. The number of nitrogens with one attached hydrogen (secondary N) is 1. The minimum atomic E-state index is -5.09. The van der Waals surface area contributed by atoms with E-state index in [9.17, 15) is 22.8 Å². The van der Waals surface area contributed by atoms with Crippen molar-refractivity contribution in [2.75, 3.05) is 19.5 Å². The van der Waals surface area contributed by atoms with E-state index in [0.29, 0.717) is 0 Å². The minimum absolute atomic E-state index is 0.0768. The average molecular weight is 312 g/mol. The molecule has 0 saturated carbocycles. The molecule has 9 heteroatoms. The summed E-state index contributed by atoms with van der Waals surface area (Å²) in [6.45, 7) is 0. The zero-order valence-corrected chi connectivity index (χ0v) is 11.1. The van der Waals surface area contributed by atoms with E-state index in [1.165, 1.54) is 13.2 Å². The van der Waals surface area contributed by atoms with Crippen molar-refractivity contribution in [1.29, 1.82) is 0 Å². The van der Waals surface area contributed by atoms with Crippen LogP contribution in [0.3, 0.4) is 0 Å². The van der Waals surface area contributed by atoms with Crippen LogP contribution in [0, 0.1) is 0 Å². The summed E-state index contributed by atoms with van der Waals surface area (Å²) in [5.41, 5.74) is -0.528. The van der Waals surface area contributed by atoms with Crippen LogP contribution in [0.5, 0.6) is 5.75 Å². The quantitative estimate of drug-likeness (QED) is 0.872. The largest absolute Gasteiger partial charge is 0.495 e. The number of carbonyl (C=O) groups excluding carboxylic acids is 2. The van der Waals surface area contributed by atoms with Gasteiger partial charge in [0.15, 0.2) is 0 Å². The van der Waals surface area contributed by atoms with E-state index in [4.69, 9.17) is 16.3 Å². The summed E-state index contributed by atoms with van der Waals surface area (Å²) in [5.74, 6) is -3.11. The van der Waals surface area contributed by atoms with Crippen LogP contribution in [0.1, 0.15) is 10.4 Å². The molecule has 1 aromatic rings. The molecule has 0 bridgehead atoms. The summed E-state index contributed by atoms with van der Waals surface area (Å²) >= 11 is 5.76. The predicted molar refractivity (Wildman–Crippen MR) is 64.0 cm³/mol. The van der Waals surface area contributed by atoms with Gasteiger partial charge in [-0.3, -0.25) is 4.79 Å². The Labute approximate surface area is 116 Å². The Bertz CT molecular complexity index is 545. The van der Waals surface area contributed by atoms with Gasteiger partial charge < -0.3 is 14.8 Å². The summed E-state index contributed by atoms with van der Waals surface area (Å²) in [5, 5.41) is 1.29. The maximum Gasteiger partial charge on any atom is 0.471 e. The van der Waals surface area contributed by atoms with Gasteiger partial charge in [-0.1, -0.05) is 11.6 Å². The van der Waals surface area contributed by atoms with Gasteiger partial charge in [0.05, 0.1) is 25.5 Å². The Morgan fingerprint density at radius 3 is 2.30 bits per heavy atom. The van der Waals surface area contributed by atoms with Gasteiger partial charge >= 0.3 is 18.1 Å². The number of benzene rings is 1. The summed E-state index contributed by atoms with van der Waals surface area (Å²) in [6.07, 6.45) is -5.09. The Kier molecular flexibility index (Phi) is 4.83. The Balaban J connectivity index is 3.24. The van der Waals surface area contributed by atoms with Crippen LogP contribution in [0.15, 0.2) is 12.1 Å². The molecular formula is C11H9ClF3NO4. The van der Waals surface area contributed by atoms with E-state index in [0.717, 1.165) is 13.2 Å². The van der Waals surface area contributed by atoms with E-state index in [1.807, 2.05) is 0 Å². The highest BCUT2D eigenvalue weighted by Crippen LogP contribution is 2.34. The van der Waals surface area contributed by atoms with Crippen molar-refractivity contribution in [1.82, 2.24) is 0 Å². The summed E-state index contributed by atoms with van der Waals surface area (Å²) in [7, 11) is 2.30. The standard InChI is InChI=1S/C11H9ClF3NO4/c1-19-7-4-5(9(17)20-2)3-6(8(7)12)16-10(18)11(13,14)15/h3-4H,1-2H3,(H,16,18). The van der Waals surface area contributed by atoms with E-state index in [2.05, 4.69) is 4.74 Å². The molecular weight excluding hydrogens is 303 g/mol. The topological polar surface area (TPSA) is 64.6 Å². The van der Waals surface area contributed by atoms with Crippen LogP contribution in [0.4, 0.5) is 18.9 Å². The Morgan fingerprint density at radius 1 is 1.25 bits per heavy atom. The zero-order valence-electron chi connectivity index (χ0n) is 10.3. The third kappa shape index (κ3) is 3.53. The molecule has 0 saturated heterocycles. The van der Waals surface area contributed by atoms with Crippen molar-refractivity contribution in [2.45, 2.75) is 6.18 Å². The molecule has 1 aromatic carbocycles. The predicted octanol–water partition coefficient (Wildman–Crippen LogP) is 2.64. The number of carbonyl (C=O) groups is 2. The highest BCUT2D eigenvalue weighted by Gasteiger charge is 2.39. The fourth-order valence-electron chi connectivity index (χ4n) is 1.27. The fourth-order valence-corrected chi connectivity index (χ4v) is 1.50. The first-order valence-corrected chi connectivity index (χ1v) is 5.42. The molecule has 110 valence electrons. The van der Waals surface area contributed by atoms with Gasteiger partial charge in [-0.05, 0) is 12.1 Å². The van der Waals surface area contributed by atoms with Crippen LogP contribution in [-0.2, 0) is 9.53 Å². The molecule has 0 fully saturated rings. The third-order valence-electron chi connectivity index (χ3n) is 2.19. The van der Waals surface area contributed by atoms with Crippen molar-refractivity contribution in [3.05, 3.63) is 22.7 Å². The van der Waals surface area contributed by atoms with Crippen molar-refractivity contribution < 1.29 is 32.2 Å². The molecule has 0 aromatic heterocycles. The van der Waals surface area contributed by atoms with Gasteiger partial charge in [-0.2, -0.15) is 13.2 Å². The van der Waals surface area contributed by atoms with E-state index in [1.54, 1.807) is 5.32 Å². The molecule has 20 heavy (non-hydrogen) atoms. The molecule has 0 radical (unpaired) electrons.